The van der Waals surface area contributed by atoms with Crippen LogP contribution in [0.25, 0.3) is 0 Å². The molecule has 1 saturated heterocycles. The molecule has 2 unspecified atom stereocenters. The highest BCUT2D eigenvalue weighted by molar-refractivity contribution is 5.85. The van der Waals surface area contributed by atoms with E-state index in [4.69, 9.17) is 10.5 Å². The van der Waals surface area contributed by atoms with Gasteiger partial charge < -0.3 is 15.8 Å². The lowest BCUT2D eigenvalue weighted by Crippen LogP contribution is -2.49. The average Bonchev–Trinajstić information content (AvgIpc) is 3.33. The smallest absolute Gasteiger partial charge is 0.381 e. The Labute approximate surface area is 150 Å². The van der Waals surface area contributed by atoms with E-state index in [9.17, 15) is 18.0 Å². The van der Waals surface area contributed by atoms with Gasteiger partial charge in [-0.3, -0.25) is 4.79 Å². The van der Waals surface area contributed by atoms with Crippen molar-refractivity contribution in [2.45, 2.75) is 37.4 Å². The lowest BCUT2D eigenvalue weighted by atomic mass is 9.79. The molecule has 1 saturated carbocycles. The molecule has 0 aromatic heterocycles. The van der Waals surface area contributed by atoms with Crippen molar-refractivity contribution in [1.82, 2.24) is 5.32 Å². The largest absolute Gasteiger partial charge is 0.416 e. The molecule has 0 bridgehead atoms. The fraction of sp³-hybridized carbons (Fsp3) is 0.588. The first-order valence-electron chi connectivity index (χ1n) is 8.12. The van der Waals surface area contributed by atoms with Crippen molar-refractivity contribution in [3.05, 3.63) is 35.4 Å². The quantitative estimate of drug-likeness (QED) is 0.846. The summed E-state index contributed by atoms with van der Waals surface area (Å²) in [6, 6.07) is 5.31. The number of ether oxygens (including phenoxy) is 1. The fourth-order valence-electron chi connectivity index (χ4n) is 3.38. The molecule has 2 atom stereocenters. The Morgan fingerprint density at radius 1 is 1.28 bits per heavy atom. The molecule has 3 rings (SSSR count). The molecule has 0 radical (unpaired) electrons. The topological polar surface area (TPSA) is 64.4 Å². The predicted molar refractivity (Wildman–Crippen MR) is 89.5 cm³/mol. The number of nitrogens with two attached hydrogens (primary N) is 1. The van der Waals surface area contributed by atoms with Crippen molar-refractivity contribution in [2.75, 3.05) is 19.8 Å². The summed E-state index contributed by atoms with van der Waals surface area (Å²) in [5, 5.41) is 2.90. The minimum absolute atomic E-state index is 0. The average molecular weight is 379 g/mol. The minimum atomic E-state index is -4.38. The van der Waals surface area contributed by atoms with Crippen LogP contribution < -0.4 is 11.1 Å². The molecule has 0 spiro atoms. The molecular weight excluding hydrogens is 357 g/mol. The highest BCUT2D eigenvalue weighted by Gasteiger charge is 2.47. The number of carbonyl (C=O) groups is 1. The van der Waals surface area contributed by atoms with Gasteiger partial charge in [-0.2, -0.15) is 13.2 Å². The first-order chi connectivity index (χ1) is 11.4. The van der Waals surface area contributed by atoms with E-state index in [1.54, 1.807) is 6.07 Å². The van der Waals surface area contributed by atoms with E-state index in [0.717, 1.165) is 6.07 Å². The maximum Gasteiger partial charge on any atom is 0.416 e. The van der Waals surface area contributed by atoms with Gasteiger partial charge in [-0.15, -0.1) is 12.4 Å². The Bertz CT molecular complexity index is 618. The molecule has 4 nitrogen and oxygen atoms in total. The number of halogens is 4. The third-order valence-corrected chi connectivity index (χ3v) is 5.09. The highest BCUT2D eigenvalue weighted by Crippen LogP contribution is 2.46. The predicted octanol–water partition coefficient (Wildman–Crippen LogP) is 2.85. The zero-order chi connectivity index (χ0) is 17.4. The molecule has 2 fully saturated rings. The second-order valence-corrected chi connectivity index (χ2v) is 6.60. The van der Waals surface area contributed by atoms with Crippen molar-refractivity contribution < 1.29 is 22.7 Å². The Balaban J connectivity index is 0.00000225. The Morgan fingerprint density at radius 2 is 1.92 bits per heavy atom. The lowest BCUT2D eigenvalue weighted by molar-refractivity contribution is -0.138. The molecule has 2 aliphatic rings. The molecule has 1 heterocycles. The normalized spacial score (nSPS) is 25.0. The van der Waals surface area contributed by atoms with E-state index in [-0.39, 0.29) is 42.4 Å². The van der Waals surface area contributed by atoms with Gasteiger partial charge in [0.05, 0.1) is 11.0 Å². The van der Waals surface area contributed by atoms with Crippen LogP contribution >= 0.6 is 12.4 Å². The van der Waals surface area contributed by atoms with Crippen LogP contribution in [0, 0.1) is 5.41 Å². The standard InChI is InChI=1S/C17H21F3N2O2.ClH/c18-17(19,20)13-4-2-1-3-11(13)12-9-14(12)22-15(23)16(10-21)5-7-24-8-6-16;/h1-4,12,14H,5-10,21H2,(H,22,23);1H. The lowest BCUT2D eigenvalue weighted by Gasteiger charge is -2.34. The van der Waals surface area contributed by atoms with Crippen LogP contribution in [0.1, 0.15) is 36.3 Å². The summed E-state index contributed by atoms with van der Waals surface area (Å²) < 4.78 is 44.6. The van der Waals surface area contributed by atoms with Crippen LogP contribution in [-0.2, 0) is 15.7 Å². The molecule has 1 aliphatic heterocycles. The zero-order valence-electron chi connectivity index (χ0n) is 13.6. The minimum Gasteiger partial charge on any atom is -0.381 e. The van der Waals surface area contributed by atoms with Crippen molar-refractivity contribution in [1.29, 1.82) is 0 Å². The third-order valence-electron chi connectivity index (χ3n) is 5.09. The second-order valence-electron chi connectivity index (χ2n) is 6.60. The van der Waals surface area contributed by atoms with E-state index >= 15 is 0 Å². The van der Waals surface area contributed by atoms with Gasteiger partial charge in [-0.25, -0.2) is 0 Å². The van der Waals surface area contributed by atoms with Gasteiger partial charge in [0, 0.05) is 31.7 Å². The Kier molecular flexibility index (Phi) is 6.01. The number of carbonyl (C=O) groups excluding carboxylic acids is 1. The summed E-state index contributed by atoms with van der Waals surface area (Å²) in [7, 11) is 0. The summed E-state index contributed by atoms with van der Waals surface area (Å²) in [6.07, 6.45) is -2.76. The third kappa shape index (κ3) is 4.10. The maximum atomic E-state index is 13.1. The molecule has 25 heavy (non-hydrogen) atoms. The number of rotatable bonds is 4. The number of hydrogen-bond donors (Lipinski definition) is 2. The number of hydrogen-bond acceptors (Lipinski definition) is 3. The summed E-state index contributed by atoms with van der Waals surface area (Å²) in [4.78, 5) is 12.6. The molecule has 1 aliphatic carbocycles. The van der Waals surface area contributed by atoms with Gasteiger partial charge in [-0.05, 0) is 30.9 Å². The number of amides is 1. The SMILES string of the molecule is Cl.NCC1(C(=O)NC2CC2c2ccccc2C(F)(F)F)CCOCC1. The first kappa shape index (κ1) is 20.0. The molecule has 1 aromatic carbocycles. The second kappa shape index (κ2) is 7.51. The first-order valence-corrected chi connectivity index (χ1v) is 8.12. The van der Waals surface area contributed by atoms with E-state index in [0.29, 0.717) is 32.5 Å². The fourth-order valence-corrected chi connectivity index (χ4v) is 3.38. The van der Waals surface area contributed by atoms with Gasteiger partial charge in [0.15, 0.2) is 0 Å². The van der Waals surface area contributed by atoms with Crippen molar-refractivity contribution in [3.8, 4) is 0 Å². The van der Waals surface area contributed by atoms with Gasteiger partial charge in [-0.1, -0.05) is 18.2 Å². The monoisotopic (exact) mass is 378 g/mol. The van der Waals surface area contributed by atoms with E-state index in [1.165, 1.54) is 12.1 Å². The van der Waals surface area contributed by atoms with Crippen LogP contribution in [-0.4, -0.2) is 31.7 Å². The van der Waals surface area contributed by atoms with Gasteiger partial charge in [0.1, 0.15) is 0 Å². The molecular formula is C17H22ClF3N2O2. The number of alkyl halides is 3. The number of nitrogens with one attached hydrogen (secondary N) is 1. The Hall–Kier alpha value is -1.31. The highest BCUT2D eigenvalue weighted by atomic mass is 35.5. The van der Waals surface area contributed by atoms with E-state index in [1.807, 2.05) is 0 Å². The molecule has 1 amide bonds. The summed E-state index contributed by atoms with van der Waals surface area (Å²) in [5.74, 6) is -0.452. The van der Waals surface area contributed by atoms with Gasteiger partial charge in [0.25, 0.3) is 0 Å². The molecule has 1 aromatic rings. The molecule has 8 heteroatoms. The van der Waals surface area contributed by atoms with Crippen LogP contribution in [0.3, 0.4) is 0 Å². The van der Waals surface area contributed by atoms with Crippen LogP contribution in [0.15, 0.2) is 24.3 Å². The van der Waals surface area contributed by atoms with E-state index in [2.05, 4.69) is 5.32 Å². The maximum absolute atomic E-state index is 13.1. The van der Waals surface area contributed by atoms with Gasteiger partial charge in [0.2, 0.25) is 5.91 Å². The van der Waals surface area contributed by atoms with Crippen LogP contribution in [0.2, 0.25) is 0 Å². The Morgan fingerprint density at radius 3 is 2.52 bits per heavy atom. The van der Waals surface area contributed by atoms with Crippen LogP contribution in [0.4, 0.5) is 13.2 Å². The zero-order valence-corrected chi connectivity index (χ0v) is 14.5. The van der Waals surface area contributed by atoms with Gasteiger partial charge >= 0.3 is 6.18 Å². The van der Waals surface area contributed by atoms with Crippen molar-refractivity contribution >= 4 is 18.3 Å². The van der Waals surface area contributed by atoms with E-state index < -0.39 is 17.2 Å². The summed E-state index contributed by atoms with van der Waals surface area (Å²) in [5.41, 5.74) is 4.77. The van der Waals surface area contributed by atoms with Crippen LogP contribution in [0.5, 0.6) is 0 Å². The van der Waals surface area contributed by atoms with Crippen molar-refractivity contribution in [3.63, 3.8) is 0 Å². The number of benzene rings is 1. The molecule has 140 valence electrons. The summed E-state index contributed by atoms with van der Waals surface area (Å²) >= 11 is 0. The summed E-state index contributed by atoms with van der Waals surface area (Å²) in [6.45, 7) is 1.18. The van der Waals surface area contributed by atoms with Crippen molar-refractivity contribution in [2.24, 2.45) is 11.1 Å². The molecule has 3 N–H and O–H groups in total.